The molecule has 0 spiro atoms. The number of aryl methyl sites for hydroxylation is 1. The van der Waals surface area contributed by atoms with Crippen molar-refractivity contribution in [3.8, 4) is 0 Å². The highest BCUT2D eigenvalue weighted by Gasteiger charge is 2.06. The Morgan fingerprint density at radius 3 is 2.29 bits per heavy atom. The molecule has 0 bridgehead atoms. The molecular weight excluding hydrogens is 176 g/mol. The Labute approximate surface area is 81.8 Å². The molecule has 14 heavy (non-hydrogen) atoms. The fourth-order valence-electron chi connectivity index (χ4n) is 1.49. The molecule has 0 aliphatic carbocycles. The molecule has 0 unspecified atom stereocenters. The zero-order chi connectivity index (χ0) is 10.1. The minimum Gasteiger partial charge on any atom is -0.294 e. The number of carbonyl (C=O) groups excluding carboxylic acids is 1. The molecule has 2 aromatic rings. The van der Waals surface area contributed by atoms with Gasteiger partial charge in [0.05, 0.1) is 11.0 Å². The van der Waals surface area contributed by atoms with Crippen molar-refractivity contribution >= 4 is 16.8 Å². The highest BCUT2D eigenvalue weighted by molar-refractivity contribution is 5.98. The minimum atomic E-state index is 0.0649. The van der Waals surface area contributed by atoms with Crippen LogP contribution in [0.5, 0.6) is 0 Å². The maximum Gasteiger partial charge on any atom is 0.160 e. The molecule has 0 atom stereocenters. The van der Waals surface area contributed by atoms with E-state index in [0.717, 1.165) is 22.2 Å². The van der Waals surface area contributed by atoms with Crippen LogP contribution in [0.15, 0.2) is 24.5 Å². The third-order valence-electron chi connectivity index (χ3n) is 2.19. The molecule has 0 fully saturated rings. The van der Waals surface area contributed by atoms with Crippen LogP contribution in [0.1, 0.15) is 22.8 Å². The number of carbonyl (C=O) groups is 1. The monoisotopic (exact) mass is 186 g/mol. The Hall–Kier alpha value is -1.77. The maximum atomic E-state index is 11.3. The summed E-state index contributed by atoms with van der Waals surface area (Å²) in [7, 11) is 0. The predicted molar refractivity (Wildman–Crippen MR) is 54.3 cm³/mol. The second kappa shape index (κ2) is 3.18. The topological polar surface area (TPSA) is 42.9 Å². The standard InChI is InChI=1S/C11H10N2O/c1-7-5-10-11(13-4-3-12-10)6-9(7)8(2)14/h3-6H,1-2H3. The molecule has 0 radical (unpaired) electrons. The first kappa shape index (κ1) is 8.81. The van der Waals surface area contributed by atoms with E-state index in [-0.39, 0.29) is 5.78 Å². The van der Waals surface area contributed by atoms with Gasteiger partial charge in [-0.25, -0.2) is 0 Å². The fourth-order valence-corrected chi connectivity index (χ4v) is 1.49. The van der Waals surface area contributed by atoms with E-state index in [9.17, 15) is 4.79 Å². The van der Waals surface area contributed by atoms with Crippen molar-refractivity contribution in [1.29, 1.82) is 0 Å². The van der Waals surface area contributed by atoms with Crippen LogP contribution in [0.3, 0.4) is 0 Å². The average Bonchev–Trinajstić information content (AvgIpc) is 2.16. The molecule has 0 saturated heterocycles. The van der Waals surface area contributed by atoms with Gasteiger partial charge >= 0.3 is 0 Å². The number of ketones is 1. The Morgan fingerprint density at radius 2 is 1.71 bits per heavy atom. The van der Waals surface area contributed by atoms with Gasteiger partial charge in [0.2, 0.25) is 0 Å². The van der Waals surface area contributed by atoms with Crippen molar-refractivity contribution in [3.05, 3.63) is 35.7 Å². The molecule has 2 rings (SSSR count). The number of hydrogen-bond acceptors (Lipinski definition) is 3. The minimum absolute atomic E-state index is 0.0649. The van der Waals surface area contributed by atoms with Gasteiger partial charge in [-0.1, -0.05) is 0 Å². The Morgan fingerprint density at radius 1 is 1.14 bits per heavy atom. The Kier molecular flexibility index (Phi) is 2.00. The van der Waals surface area contributed by atoms with Crippen LogP contribution in [-0.2, 0) is 0 Å². The molecule has 0 N–H and O–H groups in total. The normalized spacial score (nSPS) is 10.4. The van der Waals surface area contributed by atoms with Crippen LogP contribution in [0.4, 0.5) is 0 Å². The summed E-state index contributed by atoms with van der Waals surface area (Å²) in [6, 6.07) is 3.68. The van der Waals surface area contributed by atoms with Gasteiger partial charge in [0.25, 0.3) is 0 Å². The Balaban J connectivity index is 2.77. The van der Waals surface area contributed by atoms with Crippen LogP contribution in [0.2, 0.25) is 0 Å². The number of benzene rings is 1. The molecule has 0 saturated carbocycles. The van der Waals surface area contributed by atoms with Crippen molar-refractivity contribution in [2.75, 3.05) is 0 Å². The van der Waals surface area contributed by atoms with Gasteiger partial charge in [-0.05, 0) is 31.5 Å². The summed E-state index contributed by atoms with van der Waals surface area (Å²) in [5, 5.41) is 0. The smallest absolute Gasteiger partial charge is 0.160 e. The summed E-state index contributed by atoms with van der Waals surface area (Å²) in [6.07, 6.45) is 3.27. The van der Waals surface area contributed by atoms with E-state index in [1.165, 1.54) is 0 Å². The van der Waals surface area contributed by atoms with E-state index < -0.39 is 0 Å². The molecule has 0 aliphatic rings. The first-order chi connectivity index (χ1) is 6.68. The van der Waals surface area contributed by atoms with Gasteiger partial charge in [-0.2, -0.15) is 0 Å². The van der Waals surface area contributed by atoms with E-state index in [2.05, 4.69) is 9.97 Å². The summed E-state index contributed by atoms with van der Waals surface area (Å²) in [5.74, 6) is 0.0649. The molecular formula is C11H10N2O. The molecule has 0 amide bonds. The van der Waals surface area contributed by atoms with Gasteiger partial charge in [0.1, 0.15) is 0 Å². The number of fused-ring (bicyclic) bond motifs is 1. The summed E-state index contributed by atoms with van der Waals surface area (Å²) in [6.45, 7) is 3.47. The summed E-state index contributed by atoms with van der Waals surface area (Å²) >= 11 is 0. The van der Waals surface area contributed by atoms with Crippen LogP contribution >= 0.6 is 0 Å². The molecule has 3 heteroatoms. The Bertz CT molecular complexity index is 506. The second-order valence-corrected chi connectivity index (χ2v) is 3.27. The molecule has 1 aromatic heterocycles. The number of aromatic nitrogens is 2. The van der Waals surface area contributed by atoms with Crippen molar-refractivity contribution < 1.29 is 4.79 Å². The number of hydrogen-bond donors (Lipinski definition) is 0. The van der Waals surface area contributed by atoms with Crippen molar-refractivity contribution in [2.24, 2.45) is 0 Å². The lowest BCUT2D eigenvalue weighted by Crippen LogP contribution is -1.97. The van der Waals surface area contributed by atoms with Crippen LogP contribution < -0.4 is 0 Å². The maximum absolute atomic E-state index is 11.3. The highest BCUT2D eigenvalue weighted by Crippen LogP contribution is 2.16. The molecule has 3 nitrogen and oxygen atoms in total. The molecule has 1 aromatic carbocycles. The van der Waals surface area contributed by atoms with Gasteiger partial charge in [0.15, 0.2) is 5.78 Å². The summed E-state index contributed by atoms with van der Waals surface area (Å²) in [5.41, 5.74) is 3.27. The highest BCUT2D eigenvalue weighted by atomic mass is 16.1. The fraction of sp³-hybridized carbons (Fsp3) is 0.182. The van der Waals surface area contributed by atoms with Gasteiger partial charge < -0.3 is 0 Å². The third-order valence-corrected chi connectivity index (χ3v) is 2.19. The van der Waals surface area contributed by atoms with E-state index in [1.54, 1.807) is 25.4 Å². The zero-order valence-electron chi connectivity index (χ0n) is 8.11. The quantitative estimate of drug-likeness (QED) is 0.641. The lowest BCUT2D eigenvalue weighted by atomic mass is 10.0. The van der Waals surface area contributed by atoms with Crippen LogP contribution in [-0.4, -0.2) is 15.8 Å². The van der Waals surface area contributed by atoms with E-state index in [1.807, 2.05) is 13.0 Å². The molecule has 0 aliphatic heterocycles. The third kappa shape index (κ3) is 1.37. The first-order valence-corrected chi connectivity index (χ1v) is 4.41. The second-order valence-electron chi connectivity index (χ2n) is 3.27. The molecule has 1 heterocycles. The lowest BCUT2D eigenvalue weighted by Gasteiger charge is -2.03. The van der Waals surface area contributed by atoms with Crippen LogP contribution in [0, 0.1) is 6.92 Å². The van der Waals surface area contributed by atoms with Gasteiger partial charge in [-0.15, -0.1) is 0 Å². The summed E-state index contributed by atoms with van der Waals surface area (Å²) < 4.78 is 0. The molecule has 70 valence electrons. The number of Topliss-reactive ketones (excluding diaryl/α,β-unsaturated/α-hetero) is 1. The largest absolute Gasteiger partial charge is 0.294 e. The SMILES string of the molecule is CC(=O)c1cc2nccnc2cc1C. The van der Waals surface area contributed by atoms with Crippen molar-refractivity contribution in [2.45, 2.75) is 13.8 Å². The number of nitrogens with zero attached hydrogens (tertiary/aromatic N) is 2. The van der Waals surface area contributed by atoms with E-state index >= 15 is 0 Å². The summed E-state index contributed by atoms with van der Waals surface area (Å²) in [4.78, 5) is 19.6. The zero-order valence-corrected chi connectivity index (χ0v) is 8.11. The predicted octanol–water partition coefficient (Wildman–Crippen LogP) is 2.14. The lowest BCUT2D eigenvalue weighted by molar-refractivity contribution is 0.101. The number of rotatable bonds is 1. The van der Waals surface area contributed by atoms with Crippen LogP contribution in [0.25, 0.3) is 11.0 Å². The first-order valence-electron chi connectivity index (χ1n) is 4.41. The van der Waals surface area contributed by atoms with Gasteiger partial charge in [0, 0.05) is 18.0 Å². The van der Waals surface area contributed by atoms with Gasteiger partial charge in [-0.3, -0.25) is 14.8 Å². The average molecular weight is 186 g/mol. The van der Waals surface area contributed by atoms with E-state index in [0.29, 0.717) is 0 Å². The van der Waals surface area contributed by atoms with Crippen molar-refractivity contribution in [3.63, 3.8) is 0 Å². The van der Waals surface area contributed by atoms with E-state index in [4.69, 9.17) is 0 Å². The van der Waals surface area contributed by atoms with Crippen molar-refractivity contribution in [1.82, 2.24) is 9.97 Å².